The van der Waals surface area contributed by atoms with E-state index in [9.17, 15) is 4.79 Å². The van der Waals surface area contributed by atoms with Gasteiger partial charge in [0.1, 0.15) is 18.2 Å². The first-order valence-corrected chi connectivity index (χ1v) is 14.8. The lowest BCUT2D eigenvalue weighted by molar-refractivity contribution is 0.0946. The summed E-state index contributed by atoms with van der Waals surface area (Å²) < 4.78 is 6.49. The minimum absolute atomic E-state index is 0.154. The zero-order chi connectivity index (χ0) is 27.0. The van der Waals surface area contributed by atoms with Crippen molar-refractivity contribution in [3.8, 4) is 5.75 Å². The van der Waals surface area contributed by atoms with Crippen molar-refractivity contribution in [2.24, 2.45) is 0 Å². The number of carbonyl (C=O) groups is 1. The monoisotopic (exact) mass is 611 g/mol. The third kappa shape index (κ3) is 7.72. The lowest BCUT2D eigenvalue weighted by Crippen LogP contribution is -2.53. The van der Waals surface area contributed by atoms with Gasteiger partial charge < -0.3 is 15.0 Å². The Labute approximate surface area is 244 Å². The van der Waals surface area contributed by atoms with Crippen molar-refractivity contribution in [2.75, 3.05) is 57.3 Å². The standard InChI is InChI=1S/C30H35BrClN5O2/c31-28-20-24(30(38)33-12-19-39-27-4-2-1-3-5-27)21-34-29(28)37-17-15-36(16-18-37)26-10-13-35(14-11-26)22-23-6-8-25(32)9-7-23/h1-9,20-21,26H,10-19,22H2,(H,33,38). The number of para-hydroxylation sites is 1. The predicted octanol–water partition coefficient (Wildman–Crippen LogP) is 5.09. The molecule has 9 heteroatoms. The average Bonchev–Trinajstić information content (AvgIpc) is 2.97. The maximum Gasteiger partial charge on any atom is 0.253 e. The molecule has 7 nitrogen and oxygen atoms in total. The molecule has 0 radical (unpaired) electrons. The van der Waals surface area contributed by atoms with Crippen LogP contribution in [0.2, 0.25) is 5.02 Å². The molecule has 3 heterocycles. The van der Waals surface area contributed by atoms with Crippen molar-refractivity contribution < 1.29 is 9.53 Å². The van der Waals surface area contributed by atoms with Gasteiger partial charge in [0, 0.05) is 50.0 Å². The first-order chi connectivity index (χ1) is 19.0. The van der Waals surface area contributed by atoms with E-state index >= 15 is 0 Å². The van der Waals surface area contributed by atoms with Gasteiger partial charge in [0.2, 0.25) is 0 Å². The number of piperidine rings is 1. The molecule has 5 rings (SSSR count). The molecule has 2 aliphatic heterocycles. The number of aromatic nitrogens is 1. The van der Waals surface area contributed by atoms with E-state index < -0.39 is 0 Å². The Morgan fingerprint density at radius 1 is 1.00 bits per heavy atom. The highest BCUT2D eigenvalue weighted by atomic mass is 79.9. The van der Waals surface area contributed by atoms with E-state index in [1.807, 2.05) is 48.5 Å². The van der Waals surface area contributed by atoms with Gasteiger partial charge in [-0.2, -0.15) is 0 Å². The Morgan fingerprint density at radius 3 is 2.41 bits per heavy atom. The molecule has 0 unspecified atom stereocenters. The fourth-order valence-electron chi connectivity index (χ4n) is 5.33. The third-order valence-corrected chi connectivity index (χ3v) is 8.33. The second-order valence-corrected chi connectivity index (χ2v) is 11.4. The van der Waals surface area contributed by atoms with Gasteiger partial charge in [0.25, 0.3) is 5.91 Å². The van der Waals surface area contributed by atoms with Crippen LogP contribution in [0.5, 0.6) is 5.75 Å². The summed E-state index contributed by atoms with van der Waals surface area (Å²) in [6.07, 6.45) is 4.07. The number of anilines is 1. The number of nitrogens with one attached hydrogen (secondary N) is 1. The molecule has 206 valence electrons. The number of piperazine rings is 1. The van der Waals surface area contributed by atoms with E-state index in [0.29, 0.717) is 24.8 Å². The molecule has 1 aromatic heterocycles. The van der Waals surface area contributed by atoms with Crippen molar-refractivity contribution in [3.05, 3.63) is 87.5 Å². The Morgan fingerprint density at radius 2 is 1.72 bits per heavy atom. The SMILES string of the molecule is O=C(NCCOc1ccccc1)c1cnc(N2CCN(C3CCN(Cc4ccc(Cl)cc4)CC3)CC2)c(Br)c1. The van der Waals surface area contributed by atoms with Gasteiger partial charge in [0.05, 0.1) is 16.6 Å². The van der Waals surface area contributed by atoms with Crippen LogP contribution in [-0.4, -0.2) is 79.2 Å². The molecule has 0 aliphatic carbocycles. The summed E-state index contributed by atoms with van der Waals surface area (Å²) in [5, 5.41) is 3.70. The Kier molecular flexibility index (Phi) is 9.74. The number of carbonyl (C=O) groups excluding carboxylic acids is 1. The van der Waals surface area contributed by atoms with Crippen molar-refractivity contribution >= 4 is 39.3 Å². The van der Waals surface area contributed by atoms with Gasteiger partial charge in [-0.25, -0.2) is 4.98 Å². The second-order valence-electron chi connectivity index (χ2n) is 10.1. The van der Waals surface area contributed by atoms with Crippen LogP contribution < -0.4 is 15.0 Å². The molecule has 0 bridgehead atoms. The van der Waals surface area contributed by atoms with E-state index in [1.54, 1.807) is 6.20 Å². The van der Waals surface area contributed by atoms with E-state index in [2.05, 4.69) is 53.1 Å². The summed E-state index contributed by atoms with van der Waals surface area (Å²) in [5.41, 5.74) is 1.86. The molecule has 0 saturated carbocycles. The Hall–Kier alpha value is -2.65. The molecule has 1 amide bonds. The maximum absolute atomic E-state index is 12.6. The van der Waals surface area contributed by atoms with Crippen LogP contribution in [0.3, 0.4) is 0 Å². The summed E-state index contributed by atoms with van der Waals surface area (Å²) >= 11 is 9.68. The quantitative estimate of drug-likeness (QED) is 0.340. The fraction of sp³-hybridized carbons (Fsp3) is 0.400. The molecule has 2 aliphatic rings. The van der Waals surface area contributed by atoms with E-state index in [-0.39, 0.29) is 5.91 Å². The van der Waals surface area contributed by atoms with Gasteiger partial charge in [0.15, 0.2) is 0 Å². The largest absolute Gasteiger partial charge is 0.492 e. The number of likely N-dealkylation sites (tertiary alicyclic amines) is 1. The summed E-state index contributed by atoms with van der Waals surface area (Å²) in [6, 6.07) is 20.3. The molecular formula is C30H35BrClN5O2. The topological polar surface area (TPSA) is 60.9 Å². The minimum Gasteiger partial charge on any atom is -0.492 e. The van der Waals surface area contributed by atoms with Crippen LogP contribution in [0.1, 0.15) is 28.8 Å². The fourth-order valence-corrected chi connectivity index (χ4v) is 6.06. The molecule has 0 atom stereocenters. The number of rotatable bonds is 9. The summed E-state index contributed by atoms with van der Waals surface area (Å²) in [5.74, 6) is 1.54. The van der Waals surface area contributed by atoms with Gasteiger partial charge in [-0.05, 0) is 77.8 Å². The van der Waals surface area contributed by atoms with Crippen LogP contribution in [0.25, 0.3) is 0 Å². The number of benzene rings is 2. The number of hydrogen-bond acceptors (Lipinski definition) is 6. The average molecular weight is 613 g/mol. The van der Waals surface area contributed by atoms with Crippen LogP contribution in [-0.2, 0) is 6.54 Å². The van der Waals surface area contributed by atoms with Crippen LogP contribution in [0, 0.1) is 0 Å². The zero-order valence-electron chi connectivity index (χ0n) is 22.1. The lowest BCUT2D eigenvalue weighted by Gasteiger charge is -2.43. The first-order valence-electron chi connectivity index (χ1n) is 13.6. The lowest BCUT2D eigenvalue weighted by atomic mass is 10.0. The Bertz CT molecular complexity index is 1210. The number of ether oxygens (including phenoxy) is 1. The normalized spacial score (nSPS) is 17.2. The number of nitrogens with zero attached hydrogens (tertiary/aromatic N) is 4. The van der Waals surface area contributed by atoms with Gasteiger partial charge >= 0.3 is 0 Å². The van der Waals surface area contributed by atoms with E-state index in [0.717, 1.165) is 66.9 Å². The number of amides is 1. The highest BCUT2D eigenvalue weighted by Crippen LogP contribution is 2.27. The number of halogens is 2. The summed E-state index contributed by atoms with van der Waals surface area (Å²) in [7, 11) is 0. The molecule has 2 aromatic carbocycles. The molecule has 2 saturated heterocycles. The van der Waals surface area contributed by atoms with Crippen molar-refractivity contribution in [1.82, 2.24) is 20.1 Å². The smallest absolute Gasteiger partial charge is 0.253 e. The Balaban J connectivity index is 1.04. The van der Waals surface area contributed by atoms with E-state index in [4.69, 9.17) is 16.3 Å². The van der Waals surface area contributed by atoms with Gasteiger partial charge in [-0.3, -0.25) is 14.6 Å². The number of hydrogen-bond donors (Lipinski definition) is 1. The molecule has 0 spiro atoms. The molecule has 3 aromatic rings. The first kappa shape index (κ1) is 27.9. The highest BCUT2D eigenvalue weighted by molar-refractivity contribution is 9.10. The molecule has 2 fully saturated rings. The van der Waals surface area contributed by atoms with E-state index in [1.165, 1.54) is 18.4 Å². The van der Waals surface area contributed by atoms with Crippen molar-refractivity contribution in [2.45, 2.75) is 25.4 Å². The van der Waals surface area contributed by atoms with Gasteiger partial charge in [-0.1, -0.05) is 41.9 Å². The molecule has 1 N–H and O–H groups in total. The highest BCUT2D eigenvalue weighted by Gasteiger charge is 2.28. The summed E-state index contributed by atoms with van der Waals surface area (Å²) in [4.78, 5) is 24.7. The molecule has 39 heavy (non-hydrogen) atoms. The van der Waals surface area contributed by atoms with Crippen LogP contribution >= 0.6 is 27.5 Å². The zero-order valence-corrected chi connectivity index (χ0v) is 24.4. The third-order valence-electron chi connectivity index (χ3n) is 7.49. The van der Waals surface area contributed by atoms with Crippen molar-refractivity contribution in [3.63, 3.8) is 0 Å². The number of pyridine rings is 1. The predicted molar refractivity (Wildman–Crippen MR) is 160 cm³/mol. The molecular weight excluding hydrogens is 578 g/mol. The minimum atomic E-state index is -0.154. The van der Waals surface area contributed by atoms with Crippen LogP contribution in [0.15, 0.2) is 71.3 Å². The maximum atomic E-state index is 12.6. The second kappa shape index (κ2) is 13.6. The van der Waals surface area contributed by atoms with Crippen molar-refractivity contribution in [1.29, 1.82) is 0 Å². The van der Waals surface area contributed by atoms with Crippen LogP contribution in [0.4, 0.5) is 5.82 Å². The van der Waals surface area contributed by atoms with Gasteiger partial charge in [-0.15, -0.1) is 0 Å². The summed E-state index contributed by atoms with van der Waals surface area (Å²) in [6.45, 7) is 8.00.